The first-order valence-corrected chi connectivity index (χ1v) is 7.78. The molecule has 6 nitrogen and oxygen atoms in total. The average Bonchev–Trinajstić information content (AvgIpc) is 2.55. The lowest BCUT2D eigenvalue weighted by molar-refractivity contribution is -0.131. The van der Waals surface area contributed by atoms with Gasteiger partial charge in [0.2, 0.25) is 0 Å². The maximum atomic E-state index is 10.6. The molecule has 0 amide bonds. The summed E-state index contributed by atoms with van der Waals surface area (Å²) in [6.07, 6.45) is 6.67. The third kappa shape index (κ3) is 3.35. The SMILES string of the molecule is COCN1c2cc(C/C=C/C(=O)O)ccc2Sc2nccnc21. The first-order valence-electron chi connectivity index (χ1n) is 6.97. The van der Waals surface area contributed by atoms with Crippen LogP contribution in [0.15, 0.2) is 52.7 Å². The molecule has 0 radical (unpaired) electrons. The van der Waals surface area contributed by atoms with Gasteiger partial charge in [0.25, 0.3) is 0 Å². The molecular formula is C16H15N3O3S. The molecule has 0 fully saturated rings. The maximum absolute atomic E-state index is 10.6. The molecule has 7 heteroatoms. The van der Waals surface area contributed by atoms with Gasteiger partial charge in [0.05, 0.1) is 5.69 Å². The Kier molecular flexibility index (Phi) is 4.59. The molecule has 1 aliphatic rings. The Balaban J connectivity index is 1.95. The normalized spacial score (nSPS) is 13.0. The largest absolute Gasteiger partial charge is 0.478 e. The standard InChI is InChI=1S/C16H15N3O3S/c1-22-10-19-12-9-11(3-2-4-14(20)21)5-6-13(12)23-16-15(19)17-7-8-18-16/h2,4-9H,3,10H2,1H3,(H,20,21)/b4-2+. The summed E-state index contributed by atoms with van der Waals surface area (Å²) in [6.45, 7) is 0.369. The molecule has 1 aromatic heterocycles. The number of aliphatic carboxylic acids is 1. The minimum absolute atomic E-state index is 0.369. The van der Waals surface area contributed by atoms with Gasteiger partial charge in [-0.15, -0.1) is 0 Å². The van der Waals surface area contributed by atoms with Gasteiger partial charge in [-0.1, -0.05) is 23.9 Å². The quantitative estimate of drug-likeness (QED) is 0.845. The van der Waals surface area contributed by atoms with E-state index in [9.17, 15) is 4.79 Å². The zero-order valence-corrected chi connectivity index (χ0v) is 13.3. The van der Waals surface area contributed by atoms with Crippen LogP contribution in [0.25, 0.3) is 0 Å². The van der Waals surface area contributed by atoms with E-state index in [1.54, 1.807) is 37.3 Å². The summed E-state index contributed by atoms with van der Waals surface area (Å²) >= 11 is 1.57. The highest BCUT2D eigenvalue weighted by Crippen LogP contribution is 2.46. The number of aromatic nitrogens is 2. The number of carboxylic acid groups (broad SMARTS) is 1. The van der Waals surface area contributed by atoms with E-state index < -0.39 is 5.97 Å². The fraction of sp³-hybridized carbons (Fsp3) is 0.188. The Morgan fingerprint density at radius 3 is 3.00 bits per heavy atom. The van der Waals surface area contributed by atoms with Crippen LogP contribution in [0.4, 0.5) is 11.5 Å². The molecule has 0 aliphatic carbocycles. The molecule has 0 atom stereocenters. The highest BCUT2D eigenvalue weighted by atomic mass is 32.2. The van der Waals surface area contributed by atoms with Gasteiger partial charge < -0.3 is 9.84 Å². The van der Waals surface area contributed by atoms with Crippen LogP contribution >= 0.6 is 11.8 Å². The number of fused-ring (bicyclic) bond motifs is 2. The Morgan fingerprint density at radius 2 is 2.22 bits per heavy atom. The van der Waals surface area contributed by atoms with Crippen LogP contribution in [0, 0.1) is 0 Å². The number of hydrogen-bond donors (Lipinski definition) is 1. The van der Waals surface area contributed by atoms with Crippen molar-refractivity contribution in [2.24, 2.45) is 0 Å². The Labute approximate surface area is 137 Å². The van der Waals surface area contributed by atoms with Crippen LogP contribution < -0.4 is 4.90 Å². The third-order valence-corrected chi connectivity index (χ3v) is 4.34. The fourth-order valence-electron chi connectivity index (χ4n) is 2.34. The van der Waals surface area contributed by atoms with Gasteiger partial charge in [-0.3, -0.25) is 4.90 Å². The smallest absolute Gasteiger partial charge is 0.327 e. The van der Waals surface area contributed by atoms with E-state index in [-0.39, 0.29) is 0 Å². The molecule has 3 rings (SSSR count). The van der Waals surface area contributed by atoms with Gasteiger partial charge in [-0.05, 0) is 24.1 Å². The summed E-state index contributed by atoms with van der Waals surface area (Å²) in [7, 11) is 1.64. The van der Waals surface area contributed by atoms with Crippen molar-refractivity contribution < 1.29 is 14.6 Å². The number of hydrogen-bond acceptors (Lipinski definition) is 6. The van der Waals surface area contributed by atoms with Crippen LogP contribution in [0.2, 0.25) is 0 Å². The predicted octanol–water partition coefficient (Wildman–Crippen LogP) is 2.87. The van der Waals surface area contributed by atoms with Gasteiger partial charge in [0.1, 0.15) is 11.8 Å². The lowest BCUT2D eigenvalue weighted by Crippen LogP contribution is -2.24. The van der Waals surface area contributed by atoms with Crippen molar-refractivity contribution in [3.8, 4) is 0 Å². The zero-order chi connectivity index (χ0) is 16.2. The molecule has 118 valence electrons. The van der Waals surface area contributed by atoms with Crippen LogP contribution in [0.1, 0.15) is 5.56 Å². The number of ether oxygens (including phenoxy) is 1. The number of anilines is 2. The topological polar surface area (TPSA) is 75.5 Å². The second kappa shape index (κ2) is 6.80. The number of benzene rings is 1. The number of methoxy groups -OCH3 is 1. The first-order chi connectivity index (χ1) is 11.2. The molecule has 0 bridgehead atoms. The van der Waals surface area contributed by atoms with Crippen LogP contribution in [-0.2, 0) is 16.0 Å². The predicted molar refractivity (Wildman–Crippen MR) is 87.1 cm³/mol. The lowest BCUT2D eigenvalue weighted by atomic mass is 10.1. The van der Waals surface area contributed by atoms with E-state index in [4.69, 9.17) is 9.84 Å². The van der Waals surface area contributed by atoms with Crippen molar-refractivity contribution in [3.63, 3.8) is 0 Å². The number of carboxylic acids is 1. The molecule has 23 heavy (non-hydrogen) atoms. The van der Waals surface area contributed by atoms with E-state index in [1.165, 1.54) is 0 Å². The van der Waals surface area contributed by atoms with Gasteiger partial charge in [-0.25, -0.2) is 14.8 Å². The number of nitrogens with zero attached hydrogens (tertiary/aromatic N) is 3. The van der Waals surface area contributed by atoms with Gasteiger partial charge >= 0.3 is 5.97 Å². The summed E-state index contributed by atoms with van der Waals surface area (Å²) in [5.74, 6) is -0.172. The summed E-state index contributed by atoms with van der Waals surface area (Å²) in [6, 6.07) is 6.04. The molecule has 2 aromatic rings. The van der Waals surface area contributed by atoms with Crippen LogP contribution in [-0.4, -0.2) is 34.9 Å². The fourth-order valence-corrected chi connectivity index (χ4v) is 3.32. The van der Waals surface area contributed by atoms with Gasteiger partial charge in [0.15, 0.2) is 5.82 Å². The summed E-state index contributed by atoms with van der Waals surface area (Å²) in [5.41, 5.74) is 2.02. The van der Waals surface area contributed by atoms with Crippen molar-refractivity contribution >= 4 is 29.2 Å². The first kappa shape index (κ1) is 15.5. The van der Waals surface area contributed by atoms with Crippen LogP contribution in [0.5, 0.6) is 0 Å². The summed E-state index contributed by atoms with van der Waals surface area (Å²) in [4.78, 5) is 22.4. The highest BCUT2D eigenvalue weighted by Gasteiger charge is 2.25. The molecule has 2 heterocycles. The third-order valence-electron chi connectivity index (χ3n) is 3.30. The molecule has 0 spiro atoms. The van der Waals surface area contributed by atoms with Gasteiger partial charge in [-0.2, -0.15) is 0 Å². The van der Waals surface area contributed by atoms with E-state index in [1.807, 2.05) is 23.1 Å². The molecular weight excluding hydrogens is 314 g/mol. The van der Waals surface area contributed by atoms with Crippen molar-refractivity contribution in [1.29, 1.82) is 0 Å². The number of carbonyl (C=O) groups is 1. The molecule has 1 N–H and O–H groups in total. The van der Waals surface area contributed by atoms with E-state index >= 15 is 0 Å². The second-order valence-electron chi connectivity index (χ2n) is 4.88. The zero-order valence-electron chi connectivity index (χ0n) is 12.5. The minimum Gasteiger partial charge on any atom is -0.478 e. The van der Waals surface area contributed by atoms with E-state index in [0.717, 1.165) is 33.1 Å². The molecule has 1 aliphatic heterocycles. The van der Waals surface area contributed by atoms with Crippen molar-refractivity contribution in [1.82, 2.24) is 9.97 Å². The molecule has 0 saturated carbocycles. The monoisotopic (exact) mass is 329 g/mol. The Morgan fingerprint density at radius 1 is 1.39 bits per heavy atom. The van der Waals surface area contributed by atoms with Gasteiger partial charge in [0, 0.05) is 30.5 Å². The summed E-state index contributed by atoms with van der Waals surface area (Å²) in [5, 5.41) is 9.52. The van der Waals surface area contributed by atoms with E-state index in [0.29, 0.717) is 13.2 Å². The summed E-state index contributed by atoms with van der Waals surface area (Å²) < 4.78 is 5.30. The Hall–Kier alpha value is -2.38. The highest BCUT2D eigenvalue weighted by molar-refractivity contribution is 7.99. The average molecular weight is 329 g/mol. The Bertz CT molecular complexity index is 764. The van der Waals surface area contributed by atoms with Crippen LogP contribution in [0.3, 0.4) is 0 Å². The van der Waals surface area contributed by atoms with E-state index in [2.05, 4.69) is 9.97 Å². The molecule has 0 unspecified atom stereocenters. The number of rotatable bonds is 5. The lowest BCUT2D eigenvalue weighted by Gasteiger charge is -2.30. The minimum atomic E-state index is -0.941. The van der Waals surface area contributed by atoms with Crippen molar-refractivity contribution in [3.05, 3.63) is 48.3 Å². The number of allylic oxidation sites excluding steroid dienone is 1. The molecule has 0 saturated heterocycles. The maximum Gasteiger partial charge on any atom is 0.327 e. The second-order valence-corrected chi connectivity index (χ2v) is 5.91. The van der Waals surface area contributed by atoms with Crippen molar-refractivity contribution in [2.75, 3.05) is 18.7 Å². The van der Waals surface area contributed by atoms with Crippen molar-refractivity contribution in [2.45, 2.75) is 16.3 Å². The molecule has 1 aromatic carbocycles.